The highest BCUT2D eigenvalue weighted by Gasteiger charge is 2.26. The number of aromatic nitrogens is 1. The zero-order valence-corrected chi connectivity index (χ0v) is 11.4. The van der Waals surface area contributed by atoms with E-state index in [1.807, 2.05) is 12.4 Å². The van der Waals surface area contributed by atoms with E-state index in [9.17, 15) is 0 Å². The van der Waals surface area contributed by atoms with Crippen LogP contribution in [0, 0.1) is 0 Å². The molecule has 4 heteroatoms. The predicted molar refractivity (Wildman–Crippen MR) is 70.9 cm³/mol. The Morgan fingerprint density at radius 3 is 3.06 bits per heavy atom. The number of likely N-dealkylation sites (N-methyl/N-ethyl adjacent to an activating group) is 1. The molecule has 1 aromatic rings. The molecule has 1 unspecified atom stereocenters. The van der Waals surface area contributed by atoms with Crippen molar-refractivity contribution in [3.63, 3.8) is 0 Å². The second-order valence-electron chi connectivity index (χ2n) is 4.58. The monoisotopic (exact) mass is 283 g/mol. The molecule has 2 heterocycles. The van der Waals surface area contributed by atoms with Crippen molar-refractivity contribution in [2.75, 3.05) is 32.1 Å². The largest absolute Gasteiger partial charge is 0.366 e. The summed E-state index contributed by atoms with van der Waals surface area (Å²) in [4.78, 5) is 8.87. The Balaban J connectivity index is 2.17. The Bertz CT molecular complexity index is 354. The Kier molecular flexibility index (Phi) is 3.82. The highest BCUT2D eigenvalue weighted by molar-refractivity contribution is 9.10. The Hall–Kier alpha value is -0.610. The minimum absolute atomic E-state index is 0.633. The van der Waals surface area contributed by atoms with Crippen LogP contribution in [0.25, 0.3) is 0 Å². The summed E-state index contributed by atoms with van der Waals surface area (Å²) in [5.74, 6) is 0. The number of hydrogen-bond acceptors (Lipinski definition) is 3. The van der Waals surface area contributed by atoms with Gasteiger partial charge in [0.2, 0.25) is 0 Å². The molecule has 0 radical (unpaired) electrons. The van der Waals surface area contributed by atoms with Gasteiger partial charge >= 0.3 is 0 Å². The third-order valence-electron chi connectivity index (χ3n) is 3.01. The molecule has 1 fully saturated rings. The van der Waals surface area contributed by atoms with Crippen LogP contribution in [-0.4, -0.2) is 43.1 Å². The minimum Gasteiger partial charge on any atom is -0.366 e. The second kappa shape index (κ2) is 5.15. The van der Waals surface area contributed by atoms with Gasteiger partial charge in [0, 0.05) is 31.5 Å². The number of pyridine rings is 1. The molecule has 1 aliphatic rings. The van der Waals surface area contributed by atoms with Crippen molar-refractivity contribution < 1.29 is 0 Å². The third kappa shape index (κ3) is 2.55. The highest BCUT2D eigenvalue weighted by Crippen LogP contribution is 2.31. The highest BCUT2D eigenvalue weighted by atomic mass is 79.9. The van der Waals surface area contributed by atoms with E-state index in [0.29, 0.717) is 6.04 Å². The van der Waals surface area contributed by atoms with E-state index in [1.165, 1.54) is 18.5 Å². The Labute approximate surface area is 106 Å². The summed E-state index contributed by atoms with van der Waals surface area (Å²) in [6, 6.07) is 2.73. The molecule has 88 valence electrons. The van der Waals surface area contributed by atoms with Crippen LogP contribution in [0.1, 0.15) is 12.8 Å². The maximum Gasteiger partial charge on any atom is 0.0592 e. The van der Waals surface area contributed by atoms with Crippen LogP contribution in [0.4, 0.5) is 5.69 Å². The molecule has 0 saturated carbocycles. The first-order chi connectivity index (χ1) is 7.68. The van der Waals surface area contributed by atoms with Crippen LogP contribution in [-0.2, 0) is 0 Å². The first-order valence-corrected chi connectivity index (χ1v) is 6.48. The lowest BCUT2D eigenvalue weighted by Gasteiger charge is -2.29. The molecular weight excluding hydrogens is 266 g/mol. The molecular formula is C12H18BrN3. The van der Waals surface area contributed by atoms with Crippen molar-refractivity contribution in [3.05, 3.63) is 22.9 Å². The zero-order valence-electron chi connectivity index (χ0n) is 9.86. The summed E-state index contributed by atoms with van der Waals surface area (Å²) in [7, 11) is 4.27. The molecule has 0 N–H and O–H groups in total. The average Bonchev–Trinajstić information content (AvgIpc) is 2.66. The summed E-state index contributed by atoms with van der Waals surface area (Å²) in [6.07, 6.45) is 6.31. The van der Waals surface area contributed by atoms with Gasteiger partial charge in [0.25, 0.3) is 0 Å². The van der Waals surface area contributed by atoms with Crippen molar-refractivity contribution in [1.82, 2.24) is 9.88 Å². The Morgan fingerprint density at radius 1 is 1.56 bits per heavy atom. The summed E-state index contributed by atoms with van der Waals surface area (Å²) in [6.45, 7) is 2.27. The van der Waals surface area contributed by atoms with Gasteiger partial charge in [-0.25, -0.2) is 0 Å². The molecule has 2 rings (SSSR count). The fraction of sp³-hybridized carbons (Fsp3) is 0.583. The zero-order chi connectivity index (χ0) is 11.5. The number of hydrogen-bond donors (Lipinski definition) is 0. The van der Waals surface area contributed by atoms with Crippen LogP contribution in [0.5, 0.6) is 0 Å². The summed E-state index contributed by atoms with van der Waals surface area (Å²) < 4.78 is 1.10. The minimum atomic E-state index is 0.633. The van der Waals surface area contributed by atoms with Gasteiger partial charge in [-0.05, 0) is 48.9 Å². The normalized spacial score (nSPS) is 20.8. The predicted octanol–water partition coefficient (Wildman–Crippen LogP) is 2.37. The first kappa shape index (κ1) is 11.9. The van der Waals surface area contributed by atoms with Crippen LogP contribution < -0.4 is 4.90 Å². The maximum absolute atomic E-state index is 4.12. The molecule has 16 heavy (non-hydrogen) atoms. The molecule has 1 aliphatic heterocycles. The van der Waals surface area contributed by atoms with E-state index in [0.717, 1.165) is 17.6 Å². The van der Waals surface area contributed by atoms with E-state index in [1.54, 1.807) is 0 Å². The number of rotatable bonds is 3. The Morgan fingerprint density at radius 2 is 2.38 bits per heavy atom. The molecule has 0 aromatic carbocycles. The first-order valence-electron chi connectivity index (χ1n) is 5.69. The van der Waals surface area contributed by atoms with Gasteiger partial charge in [0.15, 0.2) is 0 Å². The number of nitrogens with zero attached hydrogens (tertiary/aromatic N) is 3. The van der Waals surface area contributed by atoms with Crippen LogP contribution >= 0.6 is 15.9 Å². The number of halogens is 1. The fourth-order valence-corrected chi connectivity index (χ4v) is 2.84. The second-order valence-corrected chi connectivity index (χ2v) is 5.43. The summed E-state index contributed by atoms with van der Waals surface area (Å²) >= 11 is 3.58. The van der Waals surface area contributed by atoms with E-state index >= 15 is 0 Å². The smallest absolute Gasteiger partial charge is 0.0592 e. The standard InChI is InChI=1S/C12H18BrN3/c1-15(2)9-10-4-3-7-16(10)12-5-6-14-8-11(12)13/h5-6,8,10H,3-4,7,9H2,1-2H3. The van der Waals surface area contributed by atoms with Crippen LogP contribution in [0.2, 0.25) is 0 Å². The van der Waals surface area contributed by atoms with Crippen LogP contribution in [0.15, 0.2) is 22.9 Å². The number of anilines is 1. The average molecular weight is 284 g/mol. The van der Waals surface area contributed by atoms with Crippen LogP contribution in [0.3, 0.4) is 0 Å². The van der Waals surface area contributed by atoms with Gasteiger partial charge in [0.05, 0.1) is 10.2 Å². The van der Waals surface area contributed by atoms with Crippen molar-refractivity contribution >= 4 is 21.6 Å². The van der Waals surface area contributed by atoms with Crippen molar-refractivity contribution in [2.24, 2.45) is 0 Å². The third-order valence-corrected chi connectivity index (χ3v) is 3.62. The topological polar surface area (TPSA) is 19.4 Å². The van der Waals surface area contributed by atoms with E-state index in [4.69, 9.17) is 0 Å². The molecule has 1 saturated heterocycles. The lowest BCUT2D eigenvalue weighted by molar-refractivity contribution is 0.372. The molecule has 1 atom stereocenters. The van der Waals surface area contributed by atoms with Gasteiger partial charge in [0.1, 0.15) is 0 Å². The van der Waals surface area contributed by atoms with E-state index < -0.39 is 0 Å². The van der Waals surface area contributed by atoms with Crippen molar-refractivity contribution in [1.29, 1.82) is 0 Å². The van der Waals surface area contributed by atoms with Gasteiger partial charge in [-0.15, -0.1) is 0 Å². The summed E-state index contributed by atoms with van der Waals surface area (Å²) in [5.41, 5.74) is 1.28. The molecule has 3 nitrogen and oxygen atoms in total. The van der Waals surface area contributed by atoms with E-state index in [-0.39, 0.29) is 0 Å². The van der Waals surface area contributed by atoms with Gasteiger partial charge in [-0.2, -0.15) is 0 Å². The maximum atomic E-state index is 4.12. The summed E-state index contributed by atoms with van der Waals surface area (Å²) in [5, 5.41) is 0. The molecule has 0 spiro atoms. The molecule has 0 bridgehead atoms. The molecule has 1 aromatic heterocycles. The molecule has 0 aliphatic carbocycles. The molecule has 0 amide bonds. The van der Waals surface area contributed by atoms with Gasteiger partial charge in [-0.3, -0.25) is 4.98 Å². The van der Waals surface area contributed by atoms with Crippen molar-refractivity contribution in [2.45, 2.75) is 18.9 Å². The quantitative estimate of drug-likeness (QED) is 0.849. The SMILES string of the molecule is CN(C)CC1CCCN1c1ccncc1Br. The van der Waals surface area contributed by atoms with Gasteiger partial charge < -0.3 is 9.80 Å². The van der Waals surface area contributed by atoms with Crippen molar-refractivity contribution in [3.8, 4) is 0 Å². The lowest BCUT2D eigenvalue weighted by atomic mass is 10.2. The van der Waals surface area contributed by atoms with Gasteiger partial charge in [-0.1, -0.05) is 0 Å². The van der Waals surface area contributed by atoms with E-state index in [2.05, 4.69) is 50.9 Å². The lowest BCUT2D eigenvalue weighted by Crippen LogP contribution is -2.37. The fourth-order valence-electron chi connectivity index (χ4n) is 2.36.